The predicted molar refractivity (Wildman–Crippen MR) is 129 cm³/mol. The molecule has 0 spiro atoms. The summed E-state index contributed by atoms with van der Waals surface area (Å²) in [6, 6.07) is 13.3. The second-order valence-corrected chi connectivity index (χ2v) is 8.81. The Bertz CT molecular complexity index is 1270. The van der Waals surface area contributed by atoms with Gasteiger partial charge in [-0.3, -0.25) is 24.5 Å². The number of non-ortho nitro benzene ring substituents is 1. The molecular weight excluding hydrogens is 472 g/mol. The summed E-state index contributed by atoms with van der Waals surface area (Å²) in [4.78, 5) is 48.2. The SMILES string of the molecule is COC(=O)[C@H]1C(=O)NC(SCC(=O)Nc2ccc([N+](=O)[O-])cc2C)=C(C#N)[C@@H]1c1ccc(C)cc1. The highest BCUT2D eigenvalue weighted by molar-refractivity contribution is 8.03. The number of thioether (sulfide) groups is 1. The van der Waals surface area contributed by atoms with Gasteiger partial charge in [0.25, 0.3) is 5.69 Å². The van der Waals surface area contributed by atoms with Crippen molar-refractivity contribution in [3.8, 4) is 6.07 Å². The number of hydrogen-bond donors (Lipinski definition) is 2. The molecule has 1 aliphatic heterocycles. The summed E-state index contributed by atoms with van der Waals surface area (Å²) in [6.07, 6.45) is 0. The standard InChI is InChI=1S/C24H22N4O6S/c1-13-4-6-15(7-5-13)20-17(11-25)23(27-22(30)21(20)24(31)34-3)35-12-19(29)26-18-9-8-16(28(32)33)10-14(18)2/h4-10,20-21H,12H2,1-3H3,(H,26,29)(H,27,30)/t20-,21+/m0/s1. The molecule has 0 saturated heterocycles. The summed E-state index contributed by atoms with van der Waals surface area (Å²) in [7, 11) is 1.17. The Morgan fingerprint density at radius 2 is 1.91 bits per heavy atom. The number of anilines is 1. The lowest BCUT2D eigenvalue weighted by Crippen LogP contribution is -2.44. The van der Waals surface area contributed by atoms with E-state index in [1.807, 2.05) is 19.1 Å². The molecule has 0 unspecified atom stereocenters. The number of nitrogens with zero attached hydrogens (tertiary/aromatic N) is 2. The number of benzene rings is 2. The minimum absolute atomic E-state index is 0.0917. The minimum atomic E-state index is -1.25. The van der Waals surface area contributed by atoms with Gasteiger partial charge in [-0.15, -0.1) is 0 Å². The molecule has 0 fully saturated rings. The maximum atomic E-state index is 12.9. The molecule has 35 heavy (non-hydrogen) atoms. The second kappa shape index (κ2) is 10.8. The molecule has 0 saturated carbocycles. The van der Waals surface area contributed by atoms with E-state index in [2.05, 4.69) is 16.7 Å². The van der Waals surface area contributed by atoms with Gasteiger partial charge in [-0.1, -0.05) is 41.6 Å². The lowest BCUT2D eigenvalue weighted by atomic mass is 9.78. The van der Waals surface area contributed by atoms with Crippen molar-refractivity contribution in [1.29, 1.82) is 5.26 Å². The van der Waals surface area contributed by atoms with Crippen LogP contribution in [0.3, 0.4) is 0 Å². The van der Waals surface area contributed by atoms with E-state index in [0.717, 1.165) is 17.3 Å². The molecule has 11 heteroatoms. The zero-order valence-corrected chi connectivity index (χ0v) is 20.0. The summed E-state index contributed by atoms with van der Waals surface area (Å²) in [5.74, 6) is -4.11. The minimum Gasteiger partial charge on any atom is -0.468 e. The van der Waals surface area contributed by atoms with Crippen molar-refractivity contribution < 1.29 is 24.0 Å². The number of carbonyl (C=O) groups is 3. The van der Waals surface area contributed by atoms with Gasteiger partial charge in [0.1, 0.15) is 5.92 Å². The van der Waals surface area contributed by atoms with Crippen LogP contribution in [0.15, 0.2) is 53.1 Å². The third-order valence-corrected chi connectivity index (χ3v) is 6.48. The van der Waals surface area contributed by atoms with Crippen LogP contribution in [-0.4, -0.2) is 35.6 Å². The van der Waals surface area contributed by atoms with Crippen molar-refractivity contribution >= 4 is 40.9 Å². The molecule has 180 valence electrons. The van der Waals surface area contributed by atoms with E-state index in [9.17, 15) is 29.8 Å². The van der Waals surface area contributed by atoms with Gasteiger partial charge in [-0.05, 0) is 31.0 Å². The molecule has 2 atom stereocenters. The van der Waals surface area contributed by atoms with Crippen molar-refractivity contribution in [2.45, 2.75) is 19.8 Å². The fourth-order valence-electron chi connectivity index (χ4n) is 3.68. The van der Waals surface area contributed by atoms with Crippen LogP contribution in [0, 0.1) is 41.2 Å². The first-order chi connectivity index (χ1) is 16.7. The number of hydrogen-bond acceptors (Lipinski definition) is 8. The molecule has 2 aromatic rings. The molecule has 1 aliphatic rings. The van der Waals surface area contributed by atoms with Gasteiger partial charge in [0.2, 0.25) is 11.8 Å². The number of carbonyl (C=O) groups excluding carboxylic acids is 3. The van der Waals surface area contributed by atoms with E-state index in [0.29, 0.717) is 16.8 Å². The van der Waals surface area contributed by atoms with E-state index in [1.165, 1.54) is 25.3 Å². The maximum Gasteiger partial charge on any atom is 0.319 e. The van der Waals surface area contributed by atoms with Gasteiger partial charge in [0.15, 0.2) is 0 Å². The van der Waals surface area contributed by atoms with Crippen molar-refractivity contribution in [1.82, 2.24) is 5.32 Å². The third-order valence-electron chi connectivity index (χ3n) is 5.46. The average molecular weight is 495 g/mol. The largest absolute Gasteiger partial charge is 0.468 e. The van der Waals surface area contributed by atoms with E-state index in [-0.39, 0.29) is 22.0 Å². The number of allylic oxidation sites excluding steroid dienone is 1. The van der Waals surface area contributed by atoms with E-state index >= 15 is 0 Å². The molecule has 2 N–H and O–H groups in total. The molecule has 2 aromatic carbocycles. The van der Waals surface area contributed by atoms with Crippen LogP contribution in [0.1, 0.15) is 22.6 Å². The van der Waals surface area contributed by atoms with Gasteiger partial charge >= 0.3 is 5.97 Å². The van der Waals surface area contributed by atoms with Crippen LogP contribution in [0.4, 0.5) is 11.4 Å². The topological polar surface area (TPSA) is 151 Å². The number of nitro groups is 1. The lowest BCUT2D eigenvalue weighted by molar-refractivity contribution is -0.384. The monoisotopic (exact) mass is 494 g/mol. The number of aryl methyl sites for hydroxylation is 2. The van der Waals surface area contributed by atoms with Crippen molar-refractivity contribution in [2.24, 2.45) is 5.92 Å². The Hall–Kier alpha value is -4.17. The van der Waals surface area contributed by atoms with Crippen LogP contribution < -0.4 is 10.6 Å². The van der Waals surface area contributed by atoms with Crippen molar-refractivity contribution in [3.63, 3.8) is 0 Å². The number of ether oxygens (including phenoxy) is 1. The molecule has 3 rings (SSSR count). The van der Waals surface area contributed by atoms with Crippen LogP contribution in [0.2, 0.25) is 0 Å². The molecule has 0 radical (unpaired) electrons. The fourth-order valence-corrected chi connectivity index (χ4v) is 4.53. The fraction of sp³-hybridized carbons (Fsp3) is 0.250. The molecular formula is C24H22N4O6S. The summed E-state index contributed by atoms with van der Waals surface area (Å²) in [6.45, 7) is 3.52. The van der Waals surface area contributed by atoms with Gasteiger partial charge in [0, 0.05) is 23.7 Å². The molecule has 0 bridgehead atoms. The highest BCUT2D eigenvalue weighted by Gasteiger charge is 2.44. The Kier molecular flexibility index (Phi) is 7.88. The first kappa shape index (κ1) is 25.5. The molecule has 1 heterocycles. The molecule has 0 aromatic heterocycles. The lowest BCUT2D eigenvalue weighted by Gasteiger charge is -2.31. The summed E-state index contributed by atoms with van der Waals surface area (Å²) in [5, 5.41) is 26.3. The van der Waals surface area contributed by atoms with Gasteiger partial charge in [-0.2, -0.15) is 5.26 Å². The normalized spacial score (nSPS) is 17.3. The summed E-state index contributed by atoms with van der Waals surface area (Å²) < 4.78 is 4.82. The Morgan fingerprint density at radius 3 is 2.49 bits per heavy atom. The number of nitriles is 1. The van der Waals surface area contributed by atoms with Gasteiger partial charge < -0.3 is 15.4 Å². The molecule has 2 amide bonds. The number of nitro benzene ring substituents is 1. The van der Waals surface area contributed by atoms with Gasteiger partial charge in [0.05, 0.1) is 34.5 Å². The number of nitrogens with one attached hydrogen (secondary N) is 2. The average Bonchev–Trinajstić information content (AvgIpc) is 2.83. The third kappa shape index (κ3) is 5.67. The predicted octanol–water partition coefficient (Wildman–Crippen LogP) is 3.32. The second-order valence-electron chi connectivity index (χ2n) is 7.83. The Labute approximate surface area is 205 Å². The highest BCUT2D eigenvalue weighted by Crippen LogP contribution is 2.40. The summed E-state index contributed by atoms with van der Waals surface area (Å²) >= 11 is 0.951. The maximum absolute atomic E-state index is 12.9. The van der Waals surface area contributed by atoms with Crippen LogP contribution in [0.25, 0.3) is 0 Å². The van der Waals surface area contributed by atoms with Crippen LogP contribution in [0.5, 0.6) is 0 Å². The number of amides is 2. The van der Waals surface area contributed by atoms with Crippen molar-refractivity contribution in [2.75, 3.05) is 18.2 Å². The summed E-state index contributed by atoms with van der Waals surface area (Å²) in [5.41, 5.74) is 2.55. The number of rotatable bonds is 7. The van der Waals surface area contributed by atoms with Crippen LogP contribution in [-0.2, 0) is 19.1 Å². The first-order valence-electron chi connectivity index (χ1n) is 10.4. The Morgan fingerprint density at radius 1 is 1.23 bits per heavy atom. The number of esters is 1. The van der Waals surface area contributed by atoms with Crippen LogP contribution >= 0.6 is 11.8 Å². The molecule has 10 nitrogen and oxygen atoms in total. The molecule has 0 aliphatic carbocycles. The van der Waals surface area contributed by atoms with E-state index in [4.69, 9.17) is 4.74 Å². The number of methoxy groups -OCH3 is 1. The zero-order valence-electron chi connectivity index (χ0n) is 19.2. The highest BCUT2D eigenvalue weighted by atomic mass is 32.2. The van der Waals surface area contributed by atoms with E-state index in [1.54, 1.807) is 19.1 Å². The Balaban J connectivity index is 1.86. The van der Waals surface area contributed by atoms with Gasteiger partial charge in [-0.25, -0.2) is 0 Å². The first-order valence-corrected chi connectivity index (χ1v) is 11.4. The zero-order chi connectivity index (χ0) is 25.7. The quantitative estimate of drug-likeness (QED) is 0.257. The van der Waals surface area contributed by atoms with E-state index < -0.39 is 34.5 Å². The smallest absolute Gasteiger partial charge is 0.319 e. The van der Waals surface area contributed by atoms with Crippen molar-refractivity contribution in [3.05, 3.63) is 79.9 Å².